The molecular formula is C9H12O2S. The molecule has 0 fully saturated rings. The molecule has 0 N–H and O–H groups in total. The normalized spacial score (nSPS) is 12.8. The molecule has 0 aliphatic heterocycles. The van der Waals surface area contributed by atoms with Crippen LogP contribution in [0.3, 0.4) is 0 Å². The smallest absolute Gasteiger partial charge is 0.155 e. The number of aryl methyl sites for hydroxylation is 1. The standard InChI is InChI=1S/C9H12O2S/c1-11-12(10)8-7-9-5-3-2-4-6-9/h2-6H,7-8H2,1H3. The van der Waals surface area contributed by atoms with Gasteiger partial charge in [-0.1, -0.05) is 30.3 Å². The second kappa shape index (κ2) is 5.06. The fraction of sp³-hybridized carbons (Fsp3) is 0.333. The highest BCUT2D eigenvalue weighted by Crippen LogP contribution is 2.00. The fourth-order valence-electron chi connectivity index (χ4n) is 0.929. The van der Waals surface area contributed by atoms with Gasteiger partial charge in [-0.3, -0.25) is 4.18 Å². The Hall–Kier alpha value is -0.670. The van der Waals surface area contributed by atoms with Crippen molar-refractivity contribution < 1.29 is 8.39 Å². The number of hydrogen-bond donors (Lipinski definition) is 0. The highest BCUT2D eigenvalue weighted by Gasteiger charge is 1.97. The first-order chi connectivity index (χ1) is 5.83. The largest absolute Gasteiger partial charge is 0.294 e. The van der Waals surface area contributed by atoms with E-state index >= 15 is 0 Å². The Kier molecular flexibility index (Phi) is 3.97. The van der Waals surface area contributed by atoms with Crippen LogP contribution in [0.15, 0.2) is 30.3 Å². The van der Waals surface area contributed by atoms with Crippen LogP contribution in [0.25, 0.3) is 0 Å². The minimum Gasteiger partial charge on any atom is -0.294 e. The Labute approximate surface area is 75.2 Å². The van der Waals surface area contributed by atoms with Crippen LogP contribution in [0, 0.1) is 0 Å². The molecule has 12 heavy (non-hydrogen) atoms. The second-order valence-corrected chi connectivity index (χ2v) is 3.76. The van der Waals surface area contributed by atoms with Crippen molar-refractivity contribution in [2.24, 2.45) is 0 Å². The number of rotatable bonds is 4. The van der Waals surface area contributed by atoms with Crippen LogP contribution in [-0.2, 0) is 21.7 Å². The second-order valence-electron chi connectivity index (χ2n) is 2.41. The molecule has 0 aliphatic carbocycles. The SMILES string of the molecule is COS(=O)CCc1ccccc1. The summed E-state index contributed by atoms with van der Waals surface area (Å²) in [5.74, 6) is 0.570. The van der Waals surface area contributed by atoms with E-state index in [-0.39, 0.29) is 0 Å². The van der Waals surface area contributed by atoms with Crippen molar-refractivity contribution in [3.05, 3.63) is 35.9 Å². The van der Waals surface area contributed by atoms with Crippen LogP contribution in [0.2, 0.25) is 0 Å². The zero-order valence-electron chi connectivity index (χ0n) is 7.03. The quantitative estimate of drug-likeness (QED) is 0.709. The van der Waals surface area contributed by atoms with Crippen LogP contribution < -0.4 is 0 Å². The van der Waals surface area contributed by atoms with E-state index in [0.717, 1.165) is 6.42 Å². The van der Waals surface area contributed by atoms with Crippen LogP contribution >= 0.6 is 0 Å². The van der Waals surface area contributed by atoms with E-state index in [0.29, 0.717) is 5.75 Å². The maximum atomic E-state index is 10.9. The molecule has 0 bridgehead atoms. The van der Waals surface area contributed by atoms with E-state index in [1.807, 2.05) is 30.3 Å². The van der Waals surface area contributed by atoms with Crippen molar-refractivity contribution in [3.63, 3.8) is 0 Å². The molecule has 0 saturated heterocycles. The lowest BCUT2D eigenvalue weighted by molar-refractivity contribution is 0.445. The highest BCUT2D eigenvalue weighted by molar-refractivity contribution is 7.80. The summed E-state index contributed by atoms with van der Waals surface area (Å²) >= 11 is -1.13. The van der Waals surface area contributed by atoms with E-state index in [1.165, 1.54) is 12.7 Å². The molecule has 2 nitrogen and oxygen atoms in total. The van der Waals surface area contributed by atoms with Gasteiger partial charge in [-0.2, -0.15) is 0 Å². The van der Waals surface area contributed by atoms with E-state index in [9.17, 15) is 4.21 Å². The van der Waals surface area contributed by atoms with Crippen molar-refractivity contribution in [2.45, 2.75) is 6.42 Å². The molecule has 0 aliphatic rings. The van der Waals surface area contributed by atoms with Gasteiger partial charge in [-0.25, -0.2) is 4.21 Å². The van der Waals surface area contributed by atoms with Crippen LogP contribution in [0.1, 0.15) is 5.56 Å². The molecule has 1 aromatic rings. The van der Waals surface area contributed by atoms with Crippen molar-refractivity contribution in [1.29, 1.82) is 0 Å². The van der Waals surface area contributed by atoms with Gasteiger partial charge in [0.05, 0.1) is 12.9 Å². The molecule has 1 unspecified atom stereocenters. The zero-order chi connectivity index (χ0) is 8.81. The molecule has 0 heterocycles. The molecule has 0 amide bonds. The van der Waals surface area contributed by atoms with Gasteiger partial charge in [0.15, 0.2) is 11.1 Å². The van der Waals surface area contributed by atoms with Gasteiger partial charge in [-0.05, 0) is 12.0 Å². The van der Waals surface area contributed by atoms with Crippen LogP contribution in [-0.4, -0.2) is 17.1 Å². The maximum Gasteiger partial charge on any atom is 0.155 e. The summed E-state index contributed by atoms with van der Waals surface area (Å²) in [6.07, 6.45) is 0.807. The Morgan fingerprint density at radius 1 is 1.33 bits per heavy atom. The van der Waals surface area contributed by atoms with Gasteiger partial charge < -0.3 is 0 Å². The maximum absolute atomic E-state index is 10.9. The summed E-state index contributed by atoms with van der Waals surface area (Å²) in [5, 5.41) is 0. The van der Waals surface area contributed by atoms with Crippen LogP contribution in [0.4, 0.5) is 0 Å². The minimum atomic E-state index is -1.13. The molecule has 0 spiro atoms. The Bertz CT molecular complexity index is 246. The molecule has 1 rings (SSSR count). The predicted octanol–water partition coefficient (Wildman–Crippen LogP) is 1.54. The van der Waals surface area contributed by atoms with Gasteiger partial charge in [0.1, 0.15) is 0 Å². The third-order valence-corrected chi connectivity index (χ3v) is 2.50. The number of hydrogen-bond acceptors (Lipinski definition) is 2. The summed E-state index contributed by atoms with van der Waals surface area (Å²) < 4.78 is 15.5. The molecule has 0 aromatic heterocycles. The lowest BCUT2D eigenvalue weighted by Gasteiger charge is -1.98. The first-order valence-corrected chi connectivity index (χ1v) is 5.04. The molecule has 0 saturated carbocycles. The van der Waals surface area contributed by atoms with Crippen LogP contribution in [0.5, 0.6) is 0 Å². The summed E-state index contributed by atoms with van der Waals surface area (Å²) in [5.41, 5.74) is 1.20. The summed E-state index contributed by atoms with van der Waals surface area (Å²) in [7, 11) is 1.46. The lowest BCUT2D eigenvalue weighted by Crippen LogP contribution is -2.01. The van der Waals surface area contributed by atoms with Gasteiger partial charge >= 0.3 is 0 Å². The van der Waals surface area contributed by atoms with Crippen molar-refractivity contribution in [2.75, 3.05) is 12.9 Å². The first-order valence-electron chi connectivity index (χ1n) is 3.79. The van der Waals surface area contributed by atoms with Crippen molar-refractivity contribution in [3.8, 4) is 0 Å². The van der Waals surface area contributed by atoms with Crippen molar-refractivity contribution >= 4 is 11.1 Å². The zero-order valence-corrected chi connectivity index (χ0v) is 7.84. The van der Waals surface area contributed by atoms with E-state index in [4.69, 9.17) is 0 Å². The average molecular weight is 184 g/mol. The molecule has 1 atom stereocenters. The minimum absolute atomic E-state index is 0.570. The number of benzene rings is 1. The molecular weight excluding hydrogens is 172 g/mol. The molecule has 66 valence electrons. The predicted molar refractivity (Wildman–Crippen MR) is 50.2 cm³/mol. The summed E-state index contributed by atoms with van der Waals surface area (Å²) in [4.78, 5) is 0. The molecule has 3 heteroatoms. The third kappa shape index (κ3) is 3.15. The fourth-order valence-corrected chi connectivity index (χ4v) is 1.50. The van der Waals surface area contributed by atoms with Gasteiger partial charge in [0, 0.05) is 0 Å². The summed E-state index contributed by atoms with van der Waals surface area (Å²) in [6.45, 7) is 0. The van der Waals surface area contributed by atoms with E-state index in [1.54, 1.807) is 0 Å². The molecule has 0 radical (unpaired) electrons. The summed E-state index contributed by atoms with van der Waals surface area (Å²) in [6, 6.07) is 9.96. The van der Waals surface area contributed by atoms with E-state index < -0.39 is 11.1 Å². The molecule has 1 aromatic carbocycles. The average Bonchev–Trinajstić information content (AvgIpc) is 2.16. The Morgan fingerprint density at radius 3 is 2.58 bits per heavy atom. The van der Waals surface area contributed by atoms with Gasteiger partial charge in [-0.15, -0.1) is 0 Å². The van der Waals surface area contributed by atoms with Crippen molar-refractivity contribution in [1.82, 2.24) is 0 Å². The van der Waals surface area contributed by atoms with Gasteiger partial charge in [0.2, 0.25) is 0 Å². The third-order valence-electron chi connectivity index (χ3n) is 1.59. The monoisotopic (exact) mass is 184 g/mol. The lowest BCUT2D eigenvalue weighted by atomic mass is 10.2. The Balaban J connectivity index is 2.38. The highest BCUT2D eigenvalue weighted by atomic mass is 32.2. The topological polar surface area (TPSA) is 26.3 Å². The van der Waals surface area contributed by atoms with E-state index in [2.05, 4.69) is 4.18 Å². The van der Waals surface area contributed by atoms with Gasteiger partial charge in [0.25, 0.3) is 0 Å². The first kappa shape index (κ1) is 9.42. The Morgan fingerprint density at radius 2 is 2.00 bits per heavy atom.